The maximum Gasteiger partial charge on any atom is 2.00 e. The summed E-state index contributed by atoms with van der Waals surface area (Å²) in [4.78, 5) is 0. The molecule has 0 saturated heterocycles. The Balaban J connectivity index is -0.0000000489. The normalized spacial score (nSPS) is 10.2. The molecule has 0 aromatic rings. The first-order chi connectivity index (χ1) is 6.71. The summed E-state index contributed by atoms with van der Waals surface area (Å²) in [7, 11) is -6.09. The quantitative estimate of drug-likeness (QED) is 0.356. The summed E-state index contributed by atoms with van der Waals surface area (Å²) in [5.74, 6) is 2.83. The van der Waals surface area contributed by atoms with E-state index in [2.05, 4.69) is 41.5 Å². The summed E-state index contributed by atoms with van der Waals surface area (Å²) in [5, 5.41) is 0. The maximum absolute atomic E-state index is 10.7. The number of hydrogen-bond donors (Lipinski definition) is 0. The number of halogens is 3. The minimum Gasteiger partial charge on any atom is -0.870 e. The van der Waals surface area contributed by atoms with Gasteiger partial charge in [0.05, 0.1) is 0 Å². The third-order valence-corrected chi connectivity index (χ3v) is 0.850. The maximum atomic E-state index is 10.7. The van der Waals surface area contributed by atoms with Gasteiger partial charge in [-0.25, -0.2) is 8.42 Å². The first-order valence-electron chi connectivity index (χ1n) is 4.27. The summed E-state index contributed by atoms with van der Waals surface area (Å²) >= 11 is 0. The molecule has 0 unspecified atom stereocenters. The van der Waals surface area contributed by atoms with Crippen molar-refractivity contribution in [3.63, 3.8) is 0 Å². The number of rotatable bonds is 0. The first kappa shape index (κ1) is 31.1. The zero-order valence-corrected chi connectivity index (χ0v) is 14.9. The summed E-state index contributed by atoms with van der Waals surface area (Å²) in [6.07, 6.45) is 0. The molecule has 18 heavy (non-hydrogen) atoms. The van der Waals surface area contributed by atoms with E-state index in [1.54, 1.807) is 0 Å². The van der Waals surface area contributed by atoms with Gasteiger partial charge in [0.2, 0.25) is 0 Å². The molecule has 0 aromatic carbocycles. The van der Waals surface area contributed by atoms with Crippen LogP contribution in [0, 0.1) is 11.8 Å². The molecule has 4 radical (unpaired) electrons. The molecule has 1 N–H and O–H groups in total. The van der Waals surface area contributed by atoms with E-state index in [1.807, 2.05) is 0 Å². The van der Waals surface area contributed by atoms with Gasteiger partial charge in [-0.3, -0.25) is 0 Å². The Bertz CT molecular complexity index is 240. The molecule has 0 aliphatic carbocycles. The third-order valence-electron chi connectivity index (χ3n) is 0.283. The molecule has 4 nitrogen and oxygen atoms in total. The van der Waals surface area contributed by atoms with Gasteiger partial charge in [0.25, 0.3) is 0 Å². The molecule has 0 amide bonds. The average Bonchev–Trinajstić information content (AvgIpc) is 1.76. The van der Waals surface area contributed by atoms with Gasteiger partial charge in [-0.15, -0.1) is 0 Å². The zero-order chi connectivity index (χ0) is 14.2. The van der Waals surface area contributed by atoms with E-state index in [9.17, 15) is 13.2 Å². The minimum absolute atomic E-state index is 0. The smallest absolute Gasteiger partial charge is 0.870 e. The van der Waals surface area contributed by atoms with Crippen molar-refractivity contribution < 1.29 is 31.6 Å². The van der Waals surface area contributed by atoms with E-state index >= 15 is 0 Å². The molecule has 9 heteroatoms. The van der Waals surface area contributed by atoms with Crippen LogP contribution in [-0.2, 0) is 10.1 Å². The van der Waals surface area contributed by atoms with E-state index in [-0.39, 0.29) is 29.4 Å². The number of hydrogen-bond acceptors (Lipinski definition) is 4. The van der Waals surface area contributed by atoms with Crippen LogP contribution >= 0.6 is 0 Å². The van der Waals surface area contributed by atoms with Gasteiger partial charge in [-0.2, -0.15) is 13.2 Å². The van der Waals surface area contributed by atoms with Crippen LogP contribution in [0.25, 0.3) is 0 Å². The van der Waals surface area contributed by atoms with Crippen LogP contribution in [0.5, 0.6) is 0 Å². The summed E-state index contributed by atoms with van der Waals surface area (Å²) in [5.41, 5.74) is -5.65. The van der Waals surface area contributed by atoms with Crippen molar-refractivity contribution >= 4 is 34.0 Å². The molecular formula is C9H19F3O4SSn. The van der Waals surface area contributed by atoms with Crippen LogP contribution in [0.4, 0.5) is 13.2 Å². The van der Waals surface area contributed by atoms with Gasteiger partial charge in [0.1, 0.15) is 0 Å². The average molecular weight is 399 g/mol. The molecule has 0 aliphatic rings. The van der Waals surface area contributed by atoms with E-state index in [0.717, 1.165) is 0 Å². The fraction of sp³-hybridized carbons (Fsp3) is 0.778. The Kier molecular flexibility index (Phi) is 24.0. The van der Waals surface area contributed by atoms with Crippen LogP contribution in [0.2, 0.25) is 0 Å². The van der Waals surface area contributed by atoms with Crippen LogP contribution < -0.4 is 0 Å². The monoisotopic (exact) mass is 400 g/mol. The third kappa shape index (κ3) is 44.0. The van der Waals surface area contributed by atoms with Crippen molar-refractivity contribution in [3.8, 4) is 0 Å². The molecule has 0 bridgehead atoms. The largest absolute Gasteiger partial charge is 2.00 e. The number of alkyl halides is 3. The predicted octanol–water partition coefficient (Wildman–Crippen LogP) is 2.73. The molecule has 0 aromatic heterocycles. The Morgan fingerprint density at radius 1 is 0.889 bits per heavy atom. The zero-order valence-electron chi connectivity index (χ0n) is 11.2. The first-order valence-corrected chi connectivity index (χ1v) is 5.68. The van der Waals surface area contributed by atoms with Crippen molar-refractivity contribution in [2.24, 2.45) is 0 Å². The molecule has 0 saturated carbocycles. The fourth-order valence-electron chi connectivity index (χ4n) is 0. The minimum atomic E-state index is -6.09. The summed E-state index contributed by atoms with van der Waals surface area (Å²) < 4.78 is 58.9. The van der Waals surface area contributed by atoms with Gasteiger partial charge in [0, 0.05) is 0 Å². The summed E-state index contributed by atoms with van der Waals surface area (Å²) in [6, 6.07) is 0. The second kappa shape index (κ2) is 13.9. The van der Waals surface area contributed by atoms with Crippen molar-refractivity contribution in [2.75, 3.05) is 0 Å². The molecule has 0 heterocycles. The van der Waals surface area contributed by atoms with E-state index in [0.29, 0.717) is 0 Å². The van der Waals surface area contributed by atoms with Gasteiger partial charge in [-0.1, -0.05) is 41.5 Å². The van der Waals surface area contributed by atoms with Crippen molar-refractivity contribution in [1.29, 1.82) is 0 Å². The molecule has 0 fully saturated rings. The molecule has 110 valence electrons. The Morgan fingerprint density at radius 2 is 0.944 bits per heavy atom. The molecule has 0 atom stereocenters. The van der Waals surface area contributed by atoms with Gasteiger partial charge in [0.15, 0.2) is 10.1 Å². The van der Waals surface area contributed by atoms with Gasteiger partial charge in [-0.05, 0) is 11.8 Å². The van der Waals surface area contributed by atoms with Gasteiger partial charge < -0.3 is 10.0 Å². The van der Waals surface area contributed by atoms with E-state index < -0.39 is 15.6 Å². The van der Waals surface area contributed by atoms with Crippen molar-refractivity contribution in [1.82, 2.24) is 0 Å². The van der Waals surface area contributed by atoms with Crippen LogP contribution in [0.1, 0.15) is 41.5 Å². The predicted molar refractivity (Wildman–Crippen MR) is 64.0 cm³/mol. The Hall–Kier alpha value is 0.459. The van der Waals surface area contributed by atoms with Crippen LogP contribution in [0.3, 0.4) is 0 Å². The van der Waals surface area contributed by atoms with Crippen LogP contribution in [0.15, 0.2) is 0 Å². The van der Waals surface area contributed by atoms with E-state index in [1.165, 1.54) is 11.8 Å². The Labute approximate surface area is 124 Å². The van der Waals surface area contributed by atoms with Crippen LogP contribution in [-0.4, -0.2) is 47.9 Å². The molecule has 0 spiro atoms. The standard InChI is InChI=1S/2C4H9.CHF3O3S.H2O.Sn/c2*1-4(2)3;2-1(3,4)8(5,6)7;;/h2*1-3H3;(H,5,6,7);1H2;/q;;;;+2/p-2. The SMILES string of the molecule is C[C](C)C.C[C](C)C.O=S(=O)([O-])C(F)(F)F.[OH-].[Sn+2]. The second-order valence-corrected chi connectivity index (χ2v) is 5.27. The van der Waals surface area contributed by atoms with E-state index in [4.69, 9.17) is 13.0 Å². The second-order valence-electron chi connectivity index (χ2n) is 3.90. The Morgan fingerprint density at radius 3 is 0.944 bits per heavy atom. The summed E-state index contributed by atoms with van der Waals surface area (Å²) in [6.45, 7) is 12.5. The molecule has 0 aliphatic heterocycles. The van der Waals surface area contributed by atoms with Crippen molar-refractivity contribution in [2.45, 2.75) is 47.1 Å². The molecular weight excluding hydrogens is 380 g/mol. The topological polar surface area (TPSA) is 87.2 Å². The fourth-order valence-corrected chi connectivity index (χ4v) is 0. The van der Waals surface area contributed by atoms with Gasteiger partial charge >= 0.3 is 29.4 Å². The van der Waals surface area contributed by atoms with Crippen molar-refractivity contribution in [3.05, 3.63) is 11.8 Å². The molecule has 0 rings (SSSR count).